The second kappa shape index (κ2) is 10.4. The zero-order chi connectivity index (χ0) is 22.4. The minimum absolute atomic E-state index is 0.0134. The van der Waals surface area contributed by atoms with Gasteiger partial charge in [-0.15, -0.1) is 0 Å². The number of carbonyl (C=O) groups excluding carboxylic acids is 1. The smallest absolute Gasteiger partial charge is 0.243 e. The Bertz CT molecular complexity index is 1160. The molecule has 0 radical (unpaired) electrons. The summed E-state index contributed by atoms with van der Waals surface area (Å²) in [5, 5.41) is 3.82. The Morgan fingerprint density at radius 3 is 2.32 bits per heavy atom. The van der Waals surface area contributed by atoms with E-state index in [1.165, 1.54) is 30.3 Å². The van der Waals surface area contributed by atoms with Gasteiger partial charge in [-0.3, -0.25) is 9.78 Å². The molecule has 1 amide bonds. The standard InChI is InChI=1S/C21H18Cl3N3O3S/c22-16-6-8-19(9-7-16)31(29,30)27(13-15-4-5-17(23)11-20(15)24)14-21(28)26-12-18-3-1-2-10-25-18/h1-11H,12-14H2,(H,26,28). The fourth-order valence-electron chi connectivity index (χ4n) is 2.73. The molecule has 31 heavy (non-hydrogen) atoms. The molecule has 0 bridgehead atoms. The van der Waals surface area contributed by atoms with E-state index < -0.39 is 22.5 Å². The average molecular weight is 499 g/mol. The second-order valence-electron chi connectivity index (χ2n) is 6.56. The molecule has 0 spiro atoms. The van der Waals surface area contributed by atoms with E-state index in [0.29, 0.717) is 26.3 Å². The summed E-state index contributed by atoms with van der Waals surface area (Å²) in [4.78, 5) is 16.7. The van der Waals surface area contributed by atoms with Crippen LogP contribution in [0.3, 0.4) is 0 Å². The molecule has 1 heterocycles. The number of nitrogens with zero attached hydrogens (tertiary/aromatic N) is 2. The highest BCUT2D eigenvalue weighted by Crippen LogP contribution is 2.25. The van der Waals surface area contributed by atoms with Crippen molar-refractivity contribution in [1.82, 2.24) is 14.6 Å². The molecule has 0 saturated heterocycles. The number of benzene rings is 2. The Hall–Kier alpha value is -2.16. The van der Waals surface area contributed by atoms with Gasteiger partial charge in [-0.05, 0) is 54.1 Å². The summed E-state index contributed by atoms with van der Waals surface area (Å²) < 4.78 is 27.6. The summed E-state index contributed by atoms with van der Waals surface area (Å²) in [6.07, 6.45) is 1.61. The van der Waals surface area contributed by atoms with Crippen LogP contribution in [0.5, 0.6) is 0 Å². The lowest BCUT2D eigenvalue weighted by molar-refractivity contribution is -0.121. The maximum Gasteiger partial charge on any atom is 0.243 e. The van der Waals surface area contributed by atoms with Crippen LogP contribution in [0.25, 0.3) is 0 Å². The van der Waals surface area contributed by atoms with Gasteiger partial charge in [-0.2, -0.15) is 4.31 Å². The number of amides is 1. The van der Waals surface area contributed by atoms with Gasteiger partial charge in [0.1, 0.15) is 0 Å². The number of halogens is 3. The topological polar surface area (TPSA) is 79.4 Å². The minimum Gasteiger partial charge on any atom is -0.349 e. The fourth-order valence-corrected chi connectivity index (χ4v) is 4.70. The molecule has 0 atom stereocenters. The van der Waals surface area contributed by atoms with Gasteiger partial charge in [0.2, 0.25) is 15.9 Å². The van der Waals surface area contributed by atoms with Gasteiger partial charge < -0.3 is 5.32 Å². The van der Waals surface area contributed by atoms with Crippen molar-refractivity contribution in [1.29, 1.82) is 0 Å². The van der Waals surface area contributed by atoms with E-state index in [9.17, 15) is 13.2 Å². The lowest BCUT2D eigenvalue weighted by atomic mass is 10.2. The zero-order valence-electron chi connectivity index (χ0n) is 16.1. The lowest BCUT2D eigenvalue weighted by Crippen LogP contribution is -2.40. The van der Waals surface area contributed by atoms with Crippen LogP contribution < -0.4 is 5.32 Å². The largest absolute Gasteiger partial charge is 0.349 e. The molecule has 0 fully saturated rings. The van der Waals surface area contributed by atoms with Crippen LogP contribution in [0.1, 0.15) is 11.3 Å². The molecular weight excluding hydrogens is 481 g/mol. The number of hydrogen-bond acceptors (Lipinski definition) is 4. The van der Waals surface area contributed by atoms with Gasteiger partial charge in [0.15, 0.2) is 0 Å². The summed E-state index contributed by atoms with van der Waals surface area (Å²) >= 11 is 18.1. The Labute approximate surface area is 195 Å². The minimum atomic E-state index is -4.01. The quantitative estimate of drug-likeness (QED) is 0.494. The van der Waals surface area contributed by atoms with Gasteiger partial charge in [0.25, 0.3) is 0 Å². The van der Waals surface area contributed by atoms with E-state index in [2.05, 4.69) is 10.3 Å². The fraction of sp³-hybridized carbons (Fsp3) is 0.143. The van der Waals surface area contributed by atoms with E-state index in [-0.39, 0.29) is 18.0 Å². The Morgan fingerprint density at radius 1 is 0.968 bits per heavy atom. The number of nitrogens with one attached hydrogen (secondary N) is 1. The summed E-state index contributed by atoms with van der Waals surface area (Å²) in [6, 6.07) is 15.8. The van der Waals surface area contributed by atoms with Crippen LogP contribution in [-0.2, 0) is 27.9 Å². The van der Waals surface area contributed by atoms with Crippen molar-refractivity contribution in [2.24, 2.45) is 0 Å². The number of carbonyl (C=O) groups is 1. The van der Waals surface area contributed by atoms with Crippen LogP contribution in [0.2, 0.25) is 15.1 Å². The van der Waals surface area contributed by atoms with Crippen molar-refractivity contribution < 1.29 is 13.2 Å². The monoisotopic (exact) mass is 497 g/mol. The van der Waals surface area contributed by atoms with Gasteiger partial charge in [-0.1, -0.05) is 46.9 Å². The third kappa shape index (κ3) is 6.41. The number of rotatable bonds is 8. The van der Waals surface area contributed by atoms with Gasteiger partial charge in [-0.25, -0.2) is 8.42 Å². The molecule has 3 aromatic rings. The zero-order valence-corrected chi connectivity index (χ0v) is 19.2. The van der Waals surface area contributed by atoms with E-state index >= 15 is 0 Å². The highest BCUT2D eigenvalue weighted by Gasteiger charge is 2.27. The summed E-state index contributed by atoms with van der Waals surface area (Å²) in [6.45, 7) is -0.342. The molecule has 0 aliphatic heterocycles. The molecule has 3 rings (SSSR count). The molecule has 6 nitrogen and oxygen atoms in total. The third-order valence-electron chi connectivity index (χ3n) is 4.33. The molecule has 1 aromatic heterocycles. The van der Waals surface area contributed by atoms with Crippen LogP contribution in [-0.4, -0.2) is 30.2 Å². The molecule has 0 aliphatic rings. The summed E-state index contributed by atoms with van der Waals surface area (Å²) in [5.74, 6) is -0.478. The van der Waals surface area contributed by atoms with Crippen LogP contribution in [0, 0.1) is 0 Å². The Balaban J connectivity index is 1.84. The maximum atomic E-state index is 13.3. The van der Waals surface area contributed by atoms with Crippen LogP contribution >= 0.6 is 34.8 Å². The molecule has 0 aliphatic carbocycles. The average Bonchev–Trinajstić information content (AvgIpc) is 2.74. The van der Waals surface area contributed by atoms with Crippen molar-refractivity contribution in [3.05, 3.63) is 93.2 Å². The molecular formula is C21H18Cl3N3O3S. The molecule has 162 valence electrons. The third-order valence-corrected chi connectivity index (χ3v) is 6.97. The molecule has 0 saturated carbocycles. The highest BCUT2D eigenvalue weighted by atomic mass is 35.5. The van der Waals surface area contributed by atoms with E-state index in [0.717, 1.165) is 4.31 Å². The first-order chi connectivity index (χ1) is 14.8. The Morgan fingerprint density at radius 2 is 1.68 bits per heavy atom. The summed E-state index contributed by atoms with van der Waals surface area (Å²) in [5.41, 5.74) is 1.17. The van der Waals surface area contributed by atoms with Gasteiger partial charge >= 0.3 is 0 Å². The molecule has 0 unspecified atom stereocenters. The normalized spacial score (nSPS) is 11.5. The van der Waals surface area contributed by atoms with Gasteiger partial charge in [0.05, 0.1) is 23.7 Å². The predicted octanol–water partition coefficient (Wildman–Crippen LogP) is 4.55. The van der Waals surface area contributed by atoms with Crippen molar-refractivity contribution in [3.63, 3.8) is 0 Å². The number of aromatic nitrogens is 1. The first-order valence-corrected chi connectivity index (χ1v) is 11.7. The molecule has 10 heteroatoms. The Kier molecular flexibility index (Phi) is 7.91. The first-order valence-electron chi connectivity index (χ1n) is 9.12. The van der Waals surface area contributed by atoms with Crippen molar-refractivity contribution >= 4 is 50.7 Å². The van der Waals surface area contributed by atoms with Crippen molar-refractivity contribution in [2.75, 3.05) is 6.54 Å². The SMILES string of the molecule is O=C(CN(Cc1ccc(Cl)cc1Cl)S(=O)(=O)c1ccc(Cl)cc1)NCc1ccccn1. The highest BCUT2D eigenvalue weighted by molar-refractivity contribution is 7.89. The number of pyridine rings is 1. The summed E-state index contributed by atoms with van der Waals surface area (Å²) in [7, 11) is -4.01. The van der Waals surface area contributed by atoms with E-state index in [1.807, 2.05) is 0 Å². The maximum absolute atomic E-state index is 13.3. The van der Waals surface area contributed by atoms with Crippen LogP contribution in [0.15, 0.2) is 71.8 Å². The van der Waals surface area contributed by atoms with Crippen molar-refractivity contribution in [2.45, 2.75) is 18.0 Å². The predicted molar refractivity (Wildman–Crippen MR) is 122 cm³/mol. The molecule has 1 N–H and O–H groups in total. The van der Waals surface area contributed by atoms with Gasteiger partial charge in [0, 0.05) is 27.8 Å². The second-order valence-corrected chi connectivity index (χ2v) is 9.78. The van der Waals surface area contributed by atoms with E-state index in [4.69, 9.17) is 34.8 Å². The van der Waals surface area contributed by atoms with Crippen LogP contribution in [0.4, 0.5) is 0 Å². The molecule has 2 aromatic carbocycles. The van der Waals surface area contributed by atoms with E-state index in [1.54, 1.807) is 36.5 Å². The number of sulfonamides is 1. The number of hydrogen-bond donors (Lipinski definition) is 1. The van der Waals surface area contributed by atoms with Crippen molar-refractivity contribution in [3.8, 4) is 0 Å². The lowest BCUT2D eigenvalue weighted by Gasteiger charge is -2.22. The first kappa shape index (κ1) is 23.5.